The van der Waals surface area contributed by atoms with Crippen molar-refractivity contribution in [2.24, 2.45) is 0 Å². The zero-order valence-corrected chi connectivity index (χ0v) is 19.3. The summed E-state index contributed by atoms with van der Waals surface area (Å²) in [6, 6.07) is 16.4. The van der Waals surface area contributed by atoms with Gasteiger partial charge in [-0.2, -0.15) is 0 Å². The molecule has 0 heterocycles. The lowest BCUT2D eigenvalue weighted by molar-refractivity contribution is 1.35. The van der Waals surface area contributed by atoms with Crippen molar-refractivity contribution in [2.45, 2.75) is 53.5 Å². The maximum Gasteiger partial charge on any atom is 0.101 e. The summed E-state index contributed by atoms with van der Waals surface area (Å²) in [7, 11) is -3.89. The van der Waals surface area contributed by atoms with Crippen LogP contribution >= 0.6 is 0 Å². The number of rotatable bonds is 4. The van der Waals surface area contributed by atoms with E-state index >= 15 is 0 Å². The Morgan fingerprint density at radius 1 is 0.783 bits per heavy atom. The Morgan fingerprint density at radius 2 is 1.26 bits per heavy atom. The summed E-state index contributed by atoms with van der Waals surface area (Å²) in [5.41, 5.74) is 4.49. The second kappa shape index (κ2) is 6.54. The fraction of sp³-hybridized carbons (Fsp3) is 0.400. The maximum atomic E-state index is 2.62. The zero-order valence-electron chi connectivity index (χ0n) is 16.1. The van der Waals surface area contributed by atoms with E-state index in [1.807, 2.05) is 0 Å². The third kappa shape index (κ3) is 3.06. The summed E-state index contributed by atoms with van der Waals surface area (Å²) < 4.78 is 0. The van der Waals surface area contributed by atoms with E-state index in [2.05, 4.69) is 96.0 Å². The highest BCUT2D eigenvalue weighted by atomic mass is 29.6. The average Bonchev–Trinajstić information content (AvgIpc) is 2.41. The van der Waals surface area contributed by atoms with Crippen LogP contribution in [-0.4, -0.2) is 23.0 Å². The van der Waals surface area contributed by atoms with E-state index in [0.29, 0.717) is 0 Å². The van der Waals surface area contributed by atoms with Gasteiger partial charge in [-0.3, -0.25) is 0 Å². The van der Waals surface area contributed by atoms with Crippen LogP contribution in [0.5, 0.6) is 0 Å². The monoisotopic (exact) mass is 356 g/mol. The first-order valence-electron chi connectivity index (χ1n) is 8.76. The Kier molecular flexibility index (Phi) is 5.24. The molecule has 0 bridgehead atoms. The minimum Gasteiger partial charge on any atom is -0.0736 e. The molecule has 1 unspecified atom stereocenters. The molecule has 2 rings (SSSR count). The lowest BCUT2D eigenvalue weighted by atomic mass is 10.1. The molecule has 0 aliphatic heterocycles. The van der Waals surface area contributed by atoms with Gasteiger partial charge in [0.05, 0.1) is 0 Å². The molecule has 23 heavy (non-hydrogen) atoms. The van der Waals surface area contributed by atoms with Gasteiger partial charge >= 0.3 is 0 Å². The van der Waals surface area contributed by atoms with E-state index in [4.69, 9.17) is 0 Å². The van der Waals surface area contributed by atoms with E-state index in [1.165, 1.54) is 5.56 Å². The summed E-state index contributed by atoms with van der Waals surface area (Å²) in [5, 5.41) is 3.46. The molecule has 0 N–H and O–H groups in total. The van der Waals surface area contributed by atoms with E-state index in [1.54, 1.807) is 21.5 Å². The standard InChI is InChI=1S/C20H32Si3/c1-16-14-17(2)20(18(3)15-16)23(21(4)5,22(6,7)8)19-12-10-9-11-13-19/h9-15,21H,1-8H3. The molecule has 0 nitrogen and oxygen atoms in total. The first kappa shape index (κ1) is 18.4. The fourth-order valence-corrected chi connectivity index (χ4v) is 44.9. The van der Waals surface area contributed by atoms with Crippen LogP contribution in [0.3, 0.4) is 0 Å². The Morgan fingerprint density at radius 3 is 1.65 bits per heavy atom. The smallest absolute Gasteiger partial charge is 0.0736 e. The predicted octanol–water partition coefficient (Wildman–Crippen LogP) is 4.16. The highest BCUT2D eigenvalue weighted by Crippen LogP contribution is 2.26. The molecule has 2 aromatic carbocycles. The number of benzene rings is 2. The normalized spacial score (nSPS) is 14.8. The van der Waals surface area contributed by atoms with Gasteiger partial charge in [0.25, 0.3) is 0 Å². The van der Waals surface area contributed by atoms with Crippen molar-refractivity contribution < 1.29 is 0 Å². The van der Waals surface area contributed by atoms with Gasteiger partial charge in [-0.15, -0.1) is 0 Å². The van der Waals surface area contributed by atoms with Crippen LogP contribution in [0, 0.1) is 20.8 Å². The molecular weight excluding hydrogens is 324 g/mol. The van der Waals surface area contributed by atoms with Gasteiger partial charge in [-0.05, 0) is 20.8 Å². The van der Waals surface area contributed by atoms with Crippen molar-refractivity contribution >= 4 is 33.4 Å². The van der Waals surface area contributed by atoms with Gasteiger partial charge in [-0.1, -0.05) is 102 Å². The molecular formula is C20H32Si3. The molecule has 3 heteroatoms. The summed E-state index contributed by atoms with van der Waals surface area (Å²) in [5.74, 6) is 0. The lowest BCUT2D eigenvalue weighted by Crippen LogP contribution is -2.80. The van der Waals surface area contributed by atoms with Crippen LogP contribution in [0.15, 0.2) is 42.5 Å². The molecule has 124 valence electrons. The predicted molar refractivity (Wildman–Crippen MR) is 114 cm³/mol. The van der Waals surface area contributed by atoms with Gasteiger partial charge in [0.2, 0.25) is 0 Å². The second-order valence-electron chi connectivity index (χ2n) is 8.35. The fourth-order valence-electron chi connectivity index (χ4n) is 4.94. The molecule has 0 radical (unpaired) electrons. The van der Waals surface area contributed by atoms with E-state index in [0.717, 1.165) is 0 Å². The highest BCUT2D eigenvalue weighted by molar-refractivity contribution is 7.72. The third-order valence-electron chi connectivity index (χ3n) is 5.35. The van der Waals surface area contributed by atoms with Gasteiger partial charge in [-0.25, -0.2) is 0 Å². The molecule has 0 fully saturated rings. The van der Waals surface area contributed by atoms with Crippen LogP contribution in [0.4, 0.5) is 0 Å². The minimum atomic E-state index is -1.66. The highest BCUT2D eigenvalue weighted by Gasteiger charge is 2.52. The van der Waals surface area contributed by atoms with E-state index in [9.17, 15) is 0 Å². The average molecular weight is 357 g/mol. The largest absolute Gasteiger partial charge is 0.101 e. The maximum absolute atomic E-state index is 2.62. The van der Waals surface area contributed by atoms with Crippen LogP contribution in [0.25, 0.3) is 0 Å². The van der Waals surface area contributed by atoms with Gasteiger partial charge in [0.1, 0.15) is 7.11 Å². The van der Waals surface area contributed by atoms with E-state index in [-0.39, 0.29) is 0 Å². The first-order valence-corrected chi connectivity index (χ1v) is 19.4. The van der Waals surface area contributed by atoms with Crippen LogP contribution < -0.4 is 10.4 Å². The third-order valence-corrected chi connectivity index (χ3v) is 41.0. The summed E-state index contributed by atoms with van der Waals surface area (Å²) in [6.45, 7) is 20.0. The number of aryl methyl sites for hydroxylation is 3. The zero-order chi connectivity index (χ0) is 17.4. The van der Waals surface area contributed by atoms with E-state index < -0.39 is 23.0 Å². The second-order valence-corrected chi connectivity index (χ2v) is 32.5. The molecule has 0 saturated carbocycles. The molecule has 0 amide bonds. The number of hydrogen-bond acceptors (Lipinski definition) is 0. The Bertz CT molecular complexity index is 661. The van der Waals surface area contributed by atoms with Crippen molar-refractivity contribution in [1.82, 2.24) is 0 Å². The van der Waals surface area contributed by atoms with Crippen LogP contribution in [0.2, 0.25) is 32.7 Å². The summed E-state index contributed by atoms with van der Waals surface area (Å²) in [4.78, 5) is 0. The van der Waals surface area contributed by atoms with Gasteiger partial charge < -0.3 is 0 Å². The Hall–Kier alpha value is -0.909. The quantitative estimate of drug-likeness (QED) is 0.722. The SMILES string of the molecule is Cc1cc(C)c([Si](c2ccccc2)([SiH](C)C)[Si](C)(C)C)c(C)c1. The first-order chi connectivity index (χ1) is 10.6. The van der Waals surface area contributed by atoms with Gasteiger partial charge in [0.15, 0.2) is 0 Å². The van der Waals surface area contributed by atoms with Crippen LogP contribution in [-0.2, 0) is 0 Å². The molecule has 0 saturated heterocycles. The topological polar surface area (TPSA) is 0 Å². The number of hydrogen-bond donors (Lipinski definition) is 0. The summed E-state index contributed by atoms with van der Waals surface area (Å²) in [6.07, 6.45) is 0. The van der Waals surface area contributed by atoms with Crippen LogP contribution in [0.1, 0.15) is 16.7 Å². The van der Waals surface area contributed by atoms with Gasteiger partial charge in [0, 0.05) is 15.9 Å². The molecule has 0 aliphatic rings. The summed E-state index contributed by atoms with van der Waals surface area (Å²) >= 11 is 0. The molecule has 2 aromatic rings. The van der Waals surface area contributed by atoms with Crippen molar-refractivity contribution in [1.29, 1.82) is 0 Å². The molecule has 0 aliphatic carbocycles. The molecule has 0 spiro atoms. The minimum absolute atomic E-state index is 0.871. The van der Waals surface area contributed by atoms with Crippen molar-refractivity contribution in [3.8, 4) is 0 Å². The lowest BCUT2D eigenvalue weighted by Gasteiger charge is -2.47. The molecule has 1 atom stereocenters. The Balaban J connectivity index is 2.95. The molecule has 0 aromatic heterocycles. The van der Waals surface area contributed by atoms with Crippen molar-refractivity contribution in [2.75, 3.05) is 0 Å². The van der Waals surface area contributed by atoms with Crippen molar-refractivity contribution in [3.05, 3.63) is 59.2 Å². The van der Waals surface area contributed by atoms with Crippen molar-refractivity contribution in [3.63, 3.8) is 0 Å². The Labute approximate surface area is 146 Å².